The zero-order valence-corrected chi connectivity index (χ0v) is 11.7. The minimum Gasteiger partial charge on any atom is -0.399 e. The highest BCUT2D eigenvalue weighted by Gasteiger charge is 2.14. The third kappa shape index (κ3) is 3.60. The molecular weight excluding hydrogens is 248 g/mol. The smallest absolute Gasteiger partial charge is 0.251 e. The summed E-state index contributed by atoms with van der Waals surface area (Å²) in [6.07, 6.45) is 1.94. The van der Waals surface area contributed by atoms with E-state index in [0.29, 0.717) is 11.3 Å². The highest BCUT2D eigenvalue weighted by atomic mass is 16.1. The van der Waals surface area contributed by atoms with Gasteiger partial charge in [0, 0.05) is 11.3 Å². The summed E-state index contributed by atoms with van der Waals surface area (Å²) in [6.45, 7) is 2.12. The molecule has 0 radical (unpaired) electrons. The number of nitrogens with one attached hydrogen (secondary N) is 1. The molecule has 3 nitrogen and oxygen atoms in total. The Hall–Kier alpha value is -2.29. The maximum atomic E-state index is 12.3. The maximum absolute atomic E-state index is 12.3. The summed E-state index contributed by atoms with van der Waals surface area (Å²) in [5, 5.41) is 3.09. The van der Waals surface area contributed by atoms with Crippen LogP contribution in [0.4, 0.5) is 5.69 Å². The first-order valence-electron chi connectivity index (χ1n) is 6.92. The van der Waals surface area contributed by atoms with Crippen molar-refractivity contribution in [2.75, 3.05) is 5.73 Å². The quantitative estimate of drug-likeness (QED) is 0.815. The molecule has 0 aliphatic carbocycles. The summed E-state index contributed by atoms with van der Waals surface area (Å²) in [5.74, 6) is -0.0627. The zero-order valence-electron chi connectivity index (χ0n) is 11.7. The van der Waals surface area contributed by atoms with Crippen molar-refractivity contribution in [2.45, 2.75) is 25.8 Å². The fraction of sp³-hybridized carbons (Fsp3) is 0.235. The Morgan fingerprint density at radius 2 is 1.75 bits per heavy atom. The third-order valence-electron chi connectivity index (χ3n) is 3.26. The third-order valence-corrected chi connectivity index (χ3v) is 3.26. The lowest BCUT2D eigenvalue weighted by molar-refractivity contribution is 0.0934. The summed E-state index contributed by atoms with van der Waals surface area (Å²) in [6, 6.07) is 17.1. The lowest BCUT2D eigenvalue weighted by Gasteiger charge is -2.18. The number of benzene rings is 2. The fourth-order valence-corrected chi connectivity index (χ4v) is 2.17. The van der Waals surface area contributed by atoms with Gasteiger partial charge in [0.15, 0.2) is 0 Å². The number of rotatable bonds is 5. The molecule has 1 unspecified atom stereocenters. The van der Waals surface area contributed by atoms with E-state index in [9.17, 15) is 4.79 Å². The molecule has 0 aliphatic heterocycles. The molecule has 0 saturated carbocycles. The summed E-state index contributed by atoms with van der Waals surface area (Å²) in [5.41, 5.74) is 8.07. The van der Waals surface area contributed by atoms with Crippen LogP contribution in [0.25, 0.3) is 0 Å². The average Bonchev–Trinajstić information content (AvgIpc) is 2.48. The molecule has 2 aromatic rings. The molecule has 0 fully saturated rings. The number of hydrogen-bond donors (Lipinski definition) is 2. The molecule has 0 spiro atoms. The topological polar surface area (TPSA) is 55.1 Å². The van der Waals surface area contributed by atoms with Crippen LogP contribution in [-0.4, -0.2) is 5.91 Å². The minimum atomic E-state index is -0.0627. The van der Waals surface area contributed by atoms with E-state index in [1.165, 1.54) is 0 Å². The van der Waals surface area contributed by atoms with Crippen molar-refractivity contribution in [2.24, 2.45) is 0 Å². The predicted octanol–water partition coefficient (Wildman–Crippen LogP) is 3.54. The molecule has 104 valence electrons. The van der Waals surface area contributed by atoms with Gasteiger partial charge in [-0.2, -0.15) is 0 Å². The van der Waals surface area contributed by atoms with E-state index in [4.69, 9.17) is 5.73 Å². The maximum Gasteiger partial charge on any atom is 0.251 e. The Morgan fingerprint density at radius 1 is 1.10 bits per heavy atom. The molecule has 3 heteroatoms. The van der Waals surface area contributed by atoms with Crippen molar-refractivity contribution in [3.05, 3.63) is 65.7 Å². The first-order chi connectivity index (χ1) is 9.70. The Kier molecular flexibility index (Phi) is 4.77. The first kappa shape index (κ1) is 14.1. The number of anilines is 1. The molecule has 0 aromatic heterocycles. The monoisotopic (exact) mass is 268 g/mol. The van der Waals surface area contributed by atoms with Crippen LogP contribution in [0.3, 0.4) is 0 Å². The predicted molar refractivity (Wildman–Crippen MR) is 82.4 cm³/mol. The van der Waals surface area contributed by atoms with Gasteiger partial charge in [0.2, 0.25) is 0 Å². The molecule has 20 heavy (non-hydrogen) atoms. The Bertz CT molecular complexity index is 549. The van der Waals surface area contributed by atoms with Crippen LogP contribution in [0, 0.1) is 0 Å². The van der Waals surface area contributed by atoms with Gasteiger partial charge in [-0.05, 0) is 36.2 Å². The van der Waals surface area contributed by atoms with Crippen LogP contribution in [0.15, 0.2) is 54.6 Å². The van der Waals surface area contributed by atoms with Gasteiger partial charge in [-0.15, -0.1) is 0 Å². The van der Waals surface area contributed by atoms with Gasteiger partial charge in [0.05, 0.1) is 6.04 Å². The molecule has 0 heterocycles. The normalized spacial score (nSPS) is 11.8. The highest BCUT2D eigenvalue weighted by molar-refractivity contribution is 5.94. The number of amides is 1. The Balaban J connectivity index is 2.12. The second-order valence-electron chi connectivity index (χ2n) is 4.85. The first-order valence-corrected chi connectivity index (χ1v) is 6.92. The van der Waals surface area contributed by atoms with Gasteiger partial charge in [-0.3, -0.25) is 4.79 Å². The number of nitrogens with two attached hydrogens (primary N) is 1. The lowest BCUT2D eigenvalue weighted by Crippen LogP contribution is -2.28. The van der Waals surface area contributed by atoms with Crippen molar-refractivity contribution >= 4 is 11.6 Å². The van der Waals surface area contributed by atoms with Gasteiger partial charge < -0.3 is 11.1 Å². The Morgan fingerprint density at radius 3 is 2.35 bits per heavy atom. The van der Waals surface area contributed by atoms with Gasteiger partial charge in [0.1, 0.15) is 0 Å². The molecule has 2 rings (SSSR count). The van der Waals surface area contributed by atoms with Crippen LogP contribution < -0.4 is 11.1 Å². The molecular formula is C17H20N2O. The largest absolute Gasteiger partial charge is 0.399 e. The highest BCUT2D eigenvalue weighted by Crippen LogP contribution is 2.19. The van der Waals surface area contributed by atoms with Crippen LogP contribution >= 0.6 is 0 Å². The van der Waals surface area contributed by atoms with Crippen LogP contribution in [0.2, 0.25) is 0 Å². The van der Waals surface area contributed by atoms with Crippen LogP contribution in [-0.2, 0) is 0 Å². The molecule has 0 aliphatic rings. The SMILES string of the molecule is CCCC(NC(=O)c1ccc(N)cc1)c1ccccc1. The van der Waals surface area contributed by atoms with Crippen LogP contribution in [0.1, 0.15) is 41.7 Å². The number of carbonyl (C=O) groups is 1. The molecule has 1 amide bonds. The van der Waals surface area contributed by atoms with Crippen molar-refractivity contribution in [1.82, 2.24) is 5.32 Å². The second-order valence-corrected chi connectivity index (χ2v) is 4.85. The van der Waals surface area contributed by atoms with Gasteiger partial charge >= 0.3 is 0 Å². The van der Waals surface area contributed by atoms with Gasteiger partial charge in [-0.1, -0.05) is 43.7 Å². The lowest BCUT2D eigenvalue weighted by atomic mass is 10.0. The van der Waals surface area contributed by atoms with Crippen molar-refractivity contribution in [3.8, 4) is 0 Å². The standard InChI is InChI=1S/C17H20N2O/c1-2-6-16(13-7-4-3-5-8-13)19-17(20)14-9-11-15(18)12-10-14/h3-5,7-12,16H,2,6,18H2,1H3,(H,19,20). The van der Waals surface area contributed by atoms with E-state index in [1.54, 1.807) is 24.3 Å². The van der Waals surface area contributed by atoms with E-state index < -0.39 is 0 Å². The fourth-order valence-electron chi connectivity index (χ4n) is 2.17. The molecule has 0 bridgehead atoms. The Labute approximate surface area is 119 Å². The summed E-state index contributed by atoms with van der Waals surface area (Å²) in [7, 11) is 0. The minimum absolute atomic E-state index is 0.0475. The average molecular weight is 268 g/mol. The van der Waals surface area contributed by atoms with Crippen LogP contribution in [0.5, 0.6) is 0 Å². The number of nitrogen functional groups attached to an aromatic ring is 1. The number of carbonyl (C=O) groups excluding carboxylic acids is 1. The molecule has 0 saturated heterocycles. The van der Waals surface area contributed by atoms with E-state index in [-0.39, 0.29) is 11.9 Å². The molecule has 1 atom stereocenters. The molecule has 2 aromatic carbocycles. The van der Waals surface area contributed by atoms with E-state index in [2.05, 4.69) is 12.2 Å². The van der Waals surface area contributed by atoms with Gasteiger partial charge in [-0.25, -0.2) is 0 Å². The zero-order chi connectivity index (χ0) is 14.4. The van der Waals surface area contributed by atoms with Gasteiger partial charge in [0.25, 0.3) is 5.91 Å². The van der Waals surface area contributed by atoms with Crippen molar-refractivity contribution in [3.63, 3.8) is 0 Å². The van der Waals surface area contributed by atoms with E-state index in [1.807, 2.05) is 30.3 Å². The number of hydrogen-bond acceptors (Lipinski definition) is 2. The summed E-state index contributed by atoms with van der Waals surface area (Å²) >= 11 is 0. The van der Waals surface area contributed by atoms with E-state index >= 15 is 0 Å². The van der Waals surface area contributed by atoms with Crippen molar-refractivity contribution in [1.29, 1.82) is 0 Å². The van der Waals surface area contributed by atoms with Crippen molar-refractivity contribution < 1.29 is 4.79 Å². The van der Waals surface area contributed by atoms with E-state index in [0.717, 1.165) is 18.4 Å². The summed E-state index contributed by atoms with van der Waals surface area (Å²) in [4.78, 5) is 12.3. The summed E-state index contributed by atoms with van der Waals surface area (Å²) < 4.78 is 0. The second kappa shape index (κ2) is 6.75. The molecule has 3 N–H and O–H groups in total.